The number of aromatic hydroxyl groups is 2. The van der Waals surface area contributed by atoms with Gasteiger partial charge in [0.2, 0.25) is 0 Å². The SMILES string of the molecule is Oc1ccc(O)c([PH]2(S)Oc3ccccc3-c3ccccc32)c1. The summed E-state index contributed by atoms with van der Waals surface area (Å²) in [4.78, 5) is 0. The van der Waals surface area contributed by atoms with Crippen LogP contribution in [-0.4, -0.2) is 10.2 Å². The number of hydrogen-bond donors (Lipinski definition) is 3. The van der Waals surface area contributed by atoms with Gasteiger partial charge in [0.25, 0.3) is 0 Å². The molecule has 0 saturated heterocycles. The van der Waals surface area contributed by atoms with Gasteiger partial charge in [-0.05, 0) is 0 Å². The molecule has 1 heterocycles. The van der Waals surface area contributed by atoms with Crippen LogP contribution in [0.15, 0.2) is 66.7 Å². The Bertz CT molecular complexity index is 912. The van der Waals surface area contributed by atoms with Crippen LogP contribution in [0.3, 0.4) is 0 Å². The van der Waals surface area contributed by atoms with Crippen molar-refractivity contribution in [3.63, 3.8) is 0 Å². The van der Waals surface area contributed by atoms with Crippen molar-refractivity contribution < 1.29 is 14.7 Å². The molecule has 2 N–H and O–H groups in total. The van der Waals surface area contributed by atoms with Gasteiger partial charge in [-0.15, -0.1) is 0 Å². The van der Waals surface area contributed by atoms with E-state index in [0.29, 0.717) is 5.30 Å². The topological polar surface area (TPSA) is 49.7 Å². The van der Waals surface area contributed by atoms with Crippen LogP contribution < -0.4 is 15.1 Å². The van der Waals surface area contributed by atoms with Gasteiger partial charge in [-0.25, -0.2) is 0 Å². The first-order chi connectivity index (χ1) is 11.1. The van der Waals surface area contributed by atoms with Gasteiger partial charge < -0.3 is 0 Å². The second-order valence-corrected chi connectivity index (χ2v) is 9.95. The zero-order valence-corrected chi connectivity index (χ0v) is 14.0. The summed E-state index contributed by atoms with van der Waals surface area (Å²) in [6.07, 6.45) is 0. The molecule has 0 fully saturated rings. The molecular weight excluding hydrogens is 327 g/mol. The molecule has 1 aliphatic rings. The number of hydrogen-bond acceptors (Lipinski definition) is 4. The predicted octanol–water partition coefficient (Wildman–Crippen LogP) is 3.62. The summed E-state index contributed by atoms with van der Waals surface area (Å²) < 4.78 is 6.30. The van der Waals surface area contributed by atoms with Crippen molar-refractivity contribution in [3.8, 4) is 28.4 Å². The monoisotopic (exact) mass is 342 g/mol. The fourth-order valence-corrected chi connectivity index (χ4v) is 7.10. The first kappa shape index (κ1) is 14.4. The molecular formula is C18H15O3PS. The molecule has 0 amide bonds. The number of para-hydroxylation sites is 1. The van der Waals surface area contributed by atoms with Gasteiger partial charge in [-0.3, -0.25) is 0 Å². The average molecular weight is 342 g/mol. The zero-order valence-electron chi connectivity index (χ0n) is 12.1. The Labute approximate surface area is 139 Å². The number of thiol groups is 1. The first-order valence-electron chi connectivity index (χ1n) is 7.22. The summed E-state index contributed by atoms with van der Waals surface area (Å²) in [6.45, 7) is -2.98. The van der Waals surface area contributed by atoms with Crippen LogP contribution >= 0.6 is 18.9 Å². The molecule has 0 radical (unpaired) electrons. The van der Waals surface area contributed by atoms with E-state index in [2.05, 4.69) is 0 Å². The minimum absolute atomic E-state index is 0.0821. The third-order valence-corrected chi connectivity index (χ3v) is 8.60. The fourth-order valence-electron chi connectivity index (χ4n) is 3.00. The molecule has 3 aromatic carbocycles. The van der Waals surface area contributed by atoms with Crippen molar-refractivity contribution in [2.75, 3.05) is 0 Å². The molecule has 3 aromatic rings. The number of fused-ring (bicyclic) bond motifs is 3. The molecule has 1 aliphatic heterocycles. The van der Waals surface area contributed by atoms with Crippen LogP contribution in [0.5, 0.6) is 17.2 Å². The van der Waals surface area contributed by atoms with E-state index in [1.165, 1.54) is 12.1 Å². The molecule has 0 aromatic heterocycles. The quantitative estimate of drug-likeness (QED) is 0.360. The van der Waals surface area contributed by atoms with E-state index in [9.17, 15) is 10.2 Å². The maximum atomic E-state index is 10.3. The van der Waals surface area contributed by atoms with Crippen molar-refractivity contribution in [3.05, 3.63) is 66.7 Å². The average Bonchev–Trinajstić information content (AvgIpc) is 2.57. The molecule has 116 valence electrons. The molecule has 0 aliphatic carbocycles. The van der Waals surface area contributed by atoms with E-state index in [-0.39, 0.29) is 11.5 Å². The van der Waals surface area contributed by atoms with Gasteiger partial charge in [0.1, 0.15) is 0 Å². The van der Waals surface area contributed by atoms with Crippen LogP contribution in [0.1, 0.15) is 0 Å². The molecule has 0 atom stereocenters. The molecule has 5 heteroatoms. The second-order valence-electron chi connectivity index (χ2n) is 5.49. The Morgan fingerprint density at radius 1 is 0.783 bits per heavy atom. The number of phenols is 2. The molecule has 0 unspecified atom stereocenters. The normalized spacial score (nSPS) is 15.9. The van der Waals surface area contributed by atoms with Crippen molar-refractivity contribution in [1.29, 1.82) is 0 Å². The summed E-state index contributed by atoms with van der Waals surface area (Å²) in [5.74, 6) is 0.910. The first-order valence-corrected chi connectivity index (χ1v) is 10.4. The fraction of sp³-hybridized carbons (Fsp3) is 0. The Hall–Kier alpha value is -2.16. The van der Waals surface area contributed by atoms with Gasteiger partial charge in [0.15, 0.2) is 0 Å². The van der Waals surface area contributed by atoms with Crippen LogP contribution in [0.2, 0.25) is 0 Å². The molecule has 23 heavy (non-hydrogen) atoms. The zero-order chi connectivity index (χ0) is 16.0. The molecule has 0 bridgehead atoms. The Morgan fingerprint density at radius 2 is 1.48 bits per heavy atom. The number of phenolic OH excluding ortho intramolecular Hbond substituents is 2. The molecule has 0 spiro atoms. The van der Waals surface area contributed by atoms with Gasteiger partial charge in [0.05, 0.1) is 0 Å². The van der Waals surface area contributed by atoms with Crippen LogP contribution in [0.4, 0.5) is 0 Å². The second kappa shape index (κ2) is 5.19. The Kier molecular flexibility index (Phi) is 3.26. The van der Waals surface area contributed by atoms with Gasteiger partial charge in [0, 0.05) is 0 Å². The maximum absolute atomic E-state index is 10.3. The van der Waals surface area contributed by atoms with Crippen LogP contribution in [0, 0.1) is 0 Å². The summed E-state index contributed by atoms with van der Waals surface area (Å²) in [5, 5.41) is 21.7. The molecule has 0 saturated carbocycles. The number of rotatable bonds is 1. The van der Waals surface area contributed by atoms with Crippen molar-refractivity contribution >= 4 is 29.5 Å². The minimum atomic E-state index is -2.98. The van der Waals surface area contributed by atoms with Crippen LogP contribution in [-0.2, 0) is 0 Å². The molecule has 4 rings (SSSR count). The van der Waals surface area contributed by atoms with Crippen molar-refractivity contribution in [2.45, 2.75) is 0 Å². The standard InChI is InChI=1S/C18H15O3PS/c19-12-9-10-15(20)18(11-12)22(23)17-8-4-2-6-14(17)13-5-1-3-7-16(13)21-22/h1-11,19-20,22-23H. The van der Waals surface area contributed by atoms with Gasteiger partial charge in [-0.2, -0.15) is 0 Å². The Morgan fingerprint density at radius 3 is 2.30 bits per heavy atom. The van der Waals surface area contributed by atoms with E-state index < -0.39 is 6.69 Å². The van der Waals surface area contributed by atoms with Crippen LogP contribution in [0.25, 0.3) is 11.1 Å². The Balaban J connectivity index is 2.02. The van der Waals surface area contributed by atoms with E-state index in [1.807, 2.05) is 48.5 Å². The predicted molar refractivity (Wildman–Crippen MR) is 98.8 cm³/mol. The third-order valence-electron chi connectivity index (χ3n) is 4.07. The van der Waals surface area contributed by atoms with E-state index in [1.54, 1.807) is 6.07 Å². The van der Waals surface area contributed by atoms with Crippen molar-refractivity contribution in [2.24, 2.45) is 0 Å². The van der Waals surface area contributed by atoms with Crippen molar-refractivity contribution in [1.82, 2.24) is 0 Å². The van der Waals surface area contributed by atoms with Gasteiger partial charge >= 0.3 is 139 Å². The summed E-state index contributed by atoms with van der Waals surface area (Å²) in [5.41, 5.74) is 2.07. The number of benzene rings is 3. The van der Waals surface area contributed by atoms with E-state index in [0.717, 1.165) is 22.2 Å². The summed E-state index contributed by atoms with van der Waals surface area (Å²) >= 11 is 4.91. The van der Waals surface area contributed by atoms with E-state index in [4.69, 9.17) is 16.8 Å². The summed E-state index contributed by atoms with van der Waals surface area (Å²) in [6, 6.07) is 20.2. The summed E-state index contributed by atoms with van der Waals surface area (Å²) in [7, 11) is 0. The molecule has 3 nitrogen and oxygen atoms in total. The van der Waals surface area contributed by atoms with E-state index >= 15 is 0 Å². The third kappa shape index (κ3) is 2.18. The van der Waals surface area contributed by atoms with Gasteiger partial charge in [-0.1, -0.05) is 0 Å².